The first-order chi connectivity index (χ1) is 30.7. The summed E-state index contributed by atoms with van der Waals surface area (Å²) < 4.78 is 38.4. The molecule has 4 aromatic carbocycles. The van der Waals surface area contributed by atoms with Crippen molar-refractivity contribution in [2.45, 2.75) is 39.1 Å². The molecule has 3 aliphatic heterocycles. The van der Waals surface area contributed by atoms with Crippen molar-refractivity contribution in [3.05, 3.63) is 136 Å². The molecule has 3 aliphatic rings. The molecule has 7 aromatic rings. The molecule has 63 heavy (non-hydrogen) atoms. The summed E-state index contributed by atoms with van der Waals surface area (Å²) in [4.78, 5) is 37.8. The molecule has 10 rings (SSSR count). The minimum absolute atomic E-state index is 0.0447. The van der Waals surface area contributed by atoms with Crippen molar-refractivity contribution < 1.29 is 33.2 Å². The van der Waals surface area contributed by atoms with Gasteiger partial charge in [0, 0.05) is 67.3 Å². The van der Waals surface area contributed by atoms with Gasteiger partial charge in [0.05, 0.1) is 37.0 Å². The Morgan fingerprint density at radius 3 is 2.54 bits per heavy atom. The molecule has 12 nitrogen and oxygen atoms in total. The first kappa shape index (κ1) is 42.3. The third-order valence-electron chi connectivity index (χ3n) is 11.4. The van der Waals surface area contributed by atoms with E-state index in [2.05, 4.69) is 30.8 Å². The number of aliphatic carboxylic acids is 1. The highest BCUT2D eigenvalue weighted by molar-refractivity contribution is 7.22. The molecule has 0 amide bonds. The molecule has 0 radical (unpaired) electrons. The van der Waals surface area contributed by atoms with Gasteiger partial charge in [-0.15, -0.1) is 11.3 Å². The van der Waals surface area contributed by atoms with Crippen LogP contribution in [0.25, 0.3) is 43.2 Å². The summed E-state index contributed by atoms with van der Waals surface area (Å²) in [5.41, 5.74) is 7.08. The van der Waals surface area contributed by atoms with Gasteiger partial charge in [-0.2, -0.15) is 0 Å². The van der Waals surface area contributed by atoms with Crippen LogP contribution < -0.4 is 14.2 Å². The van der Waals surface area contributed by atoms with Crippen LogP contribution in [0.2, 0.25) is 5.02 Å². The normalized spacial score (nSPS) is 15.9. The number of nitrogens with zero attached hydrogens (tertiary/aromatic N) is 6. The highest BCUT2D eigenvalue weighted by Gasteiger charge is 2.29. The first-order valence-electron chi connectivity index (χ1n) is 20.7. The average molecular weight is 887 g/mol. The summed E-state index contributed by atoms with van der Waals surface area (Å²) in [7, 11) is 1.60. The van der Waals surface area contributed by atoms with E-state index in [0.717, 1.165) is 70.0 Å². The highest BCUT2D eigenvalue weighted by atomic mass is 35.5. The van der Waals surface area contributed by atoms with Gasteiger partial charge in [0.25, 0.3) is 0 Å². The molecule has 3 aromatic heterocycles. The molecule has 1 fully saturated rings. The molecule has 0 spiro atoms. The Morgan fingerprint density at radius 1 is 0.921 bits per heavy atom. The van der Waals surface area contributed by atoms with Gasteiger partial charge in [0.15, 0.2) is 5.82 Å². The van der Waals surface area contributed by atoms with Gasteiger partial charge in [-0.05, 0) is 76.7 Å². The van der Waals surface area contributed by atoms with Gasteiger partial charge >= 0.3 is 5.97 Å². The molecule has 4 bridgehead atoms. The summed E-state index contributed by atoms with van der Waals surface area (Å²) in [5.74, 6) is 0.196. The number of halogens is 2. The van der Waals surface area contributed by atoms with Gasteiger partial charge in [0.2, 0.25) is 12.0 Å². The fourth-order valence-corrected chi connectivity index (χ4v) is 9.52. The van der Waals surface area contributed by atoms with Crippen molar-refractivity contribution in [3.8, 4) is 50.3 Å². The van der Waals surface area contributed by atoms with E-state index in [9.17, 15) is 14.3 Å². The average Bonchev–Trinajstić information content (AvgIpc) is 3.69. The van der Waals surface area contributed by atoms with Crippen LogP contribution in [0.1, 0.15) is 27.9 Å². The molecule has 0 aliphatic carbocycles. The smallest absolute Gasteiger partial charge is 0.345 e. The number of hydrogen-bond acceptors (Lipinski definition) is 12. The van der Waals surface area contributed by atoms with Crippen LogP contribution in [0.15, 0.2) is 97.5 Å². The zero-order valence-electron chi connectivity index (χ0n) is 34.7. The Bertz CT molecular complexity index is 2780. The lowest BCUT2D eigenvalue weighted by atomic mass is 9.94. The van der Waals surface area contributed by atoms with Gasteiger partial charge < -0.3 is 24.1 Å². The minimum Gasteiger partial charge on any atom is -0.496 e. The van der Waals surface area contributed by atoms with Crippen LogP contribution >= 0.6 is 22.9 Å². The second-order valence-electron chi connectivity index (χ2n) is 15.5. The Hall–Kier alpha value is -6.03. The van der Waals surface area contributed by atoms with E-state index < -0.39 is 12.1 Å². The fourth-order valence-electron chi connectivity index (χ4n) is 8.15. The lowest BCUT2D eigenvalue weighted by Gasteiger charge is -2.30. The standard InChI is InChI=1S/C48H44ClFN6O6S/c1-29-36-13-10-32(43(29)49)26-56(18-17-55-19-21-60-22-20-55)25-30-7-14-38(61-27-35-15-16-51-45(54-35)37-5-3-4-6-39(37)59-2)33(23-30)24-40(48(57)58)62-46-42-41(36)44(63-47(42)53-28-52-46)31-8-11-34(50)12-9-31/h3-16,23,28,40H,17-22,24-27H2,1-2H3,(H,57,58)/t40-/m1/s1. The number of rotatable bonds is 10. The Labute approximate surface area is 372 Å². The Morgan fingerprint density at radius 2 is 1.73 bits per heavy atom. The first-order valence-corrected chi connectivity index (χ1v) is 21.9. The molecule has 1 N–H and O–H groups in total. The third kappa shape index (κ3) is 9.22. The number of para-hydroxylation sites is 1. The number of benzene rings is 4. The van der Waals surface area contributed by atoms with Crippen LogP contribution in [-0.2, 0) is 35.6 Å². The van der Waals surface area contributed by atoms with E-state index in [1.807, 2.05) is 55.5 Å². The van der Waals surface area contributed by atoms with Crippen molar-refractivity contribution in [1.29, 1.82) is 0 Å². The zero-order valence-corrected chi connectivity index (χ0v) is 36.3. The maximum Gasteiger partial charge on any atom is 0.345 e. The van der Waals surface area contributed by atoms with Crippen LogP contribution in [0.3, 0.4) is 0 Å². The SMILES string of the molecule is COc1ccccc1-c1nccc(COc2ccc3cc2C[C@H](C(=O)O)Oc2ncnc4sc(-c5ccc(F)cc5)c(c24)-c2ccc(c(Cl)c2C)CN(CCN2CCOCC2)C3)n1. The molecular weight excluding hydrogens is 843 g/mol. The number of aromatic nitrogens is 4. The van der Waals surface area contributed by atoms with Crippen LogP contribution in [0.5, 0.6) is 17.4 Å². The zero-order chi connectivity index (χ0) is 43.5. The number of methoxy groups -OCH3 is 1. The molecule has 1 atom stereocenters. The van der Waals surface area contributed by atoms with Gasteiger partial charge in [-0.25, -0.2) is 29.1 Å². The molecule has 0 unspecified atom stereocenters. The second kappa shape index (κ2) is 18.8. The fraction of sp³-hybridized carbons (Fsp3) is 0.271. The minimum atomic E-state index is -1.38. The summed E-state index contributed by atoms with van der Waals surface area (Å²) in [6, 6.07) is 25.6. The number of fused-ring (bicyclic) bond motifs is 6. The number of carboxylic acid groups (broad SMARTS) is 1. The van der Waals surface area contributed by atoms with Crippen molar-refractivity contribution in [1.82, 2.24) is 29.7 Å². The molecule has 1 saturated heterocycles. The maximum atomic E-state index is 14.2. The van der Waals surface area contributed by atoms with Crippen molar-refractivity contribution in [3.63, 3.8) is 0 Å². The molecule has 6 heterocycles. The van der Waals surface area contributed by atoms with Gasteiger partial charge in [-0.3, -0.25) is 9.80 Å². The number of carboxylic acids is 1. The van der Waals surface area contributed by atoms with E-state index in [0.29, 0.717) is 70.1 Å². The third-order valence-corrected chi connectivity index (χ3v) is 13.1. The van der Waals surface area contributed by atoms with Crippen LogP contribution in [-0.4, -0.2) is 93.4 Å². The largest absolute Gasteiger partial charge is 0.496 e. The Kier molecular flexibility index (Phi) is 12.6. The summed E-state index contributed by atoms with van der Waals surface area (Å²) in [6.45, 7) is 7.89. The predicted molar refractivity (Wildman–Crippen MR) is 240 cm³/mol. The van der Waals surface area contributed by atoms with Crippen molar-refractivity contribution in [2.75, 3.05) is 46.5 Å². The quantitative estimate of drug-likeness (QED) is 0.141. The highest BCUT2D eigenvalue weighted by Crippen LogP contribution is 2.49. The Balaban J connectivity index is 1.14. The number of morpholine rings is 1. The molecule has 15 heteroatoms. The van der Waals surface area contributed by atoms with Gasteiger partial charge in [-0.1, -0.05) is 60.1 Å². The van der Waals surface area contributed by atoms with Crippen molar-refractivity contribution >= 4 is 39.1 Å². The number of carbonyl (C=O) groups is 1. The monoisotopic (exact) mass is 886 g/mol. The van der Waals surface area contributed by atoms with E-state index in [1.54, 1.807) is 31.5 Å². The summed E-state index contributed by atoms with van der Waals surface area (Å²) >= 11 is 8.74. The summed E-state index contributed by atoms with van der Waals surface area (Å²) in [6.07, 6.45) is 1.62. The lowest BCUT2D eigenvalue weighted by molar-refractivity contribution is -0.145. The number of ether oxygens (including phenoxy) is 4. The summed E-state index contributed by atoms with van der Waals surface area (Å²) in [5, 5.41) is 12.0. The predicted octanol–water partition coefficient (Wildman–Crippen LogP) is 8.89. The van der Waals surface area contributed by atoms with E-state index in [-0.39, 0.29) is 24.7 Å². The second-order valence-corrected chi connectivity index (χ2v) is 16.9. The number of thiophene rings is 1. The topological polar surface area (TPSA) is 132 Å². The van der Waals surface area contributed by atoms with Crippen molar-refractivity contribution in [2.24, 2.45) is 0 Å². The molecule has 322 valence electrons. The van der Waals surface area contributed by atoms with Crippen LogP contribution in [0.4, 0.5) is 4.39 Å². The molecule has 0 saturated carbocycles. The van der Waals surface area contributed by atoms with Gasteiger partial charge in [0.1, 0.15) is 35.1 Å². The lowest BCUT2D eigenvalue weighted by Crippen LogP contribution is -2.41. The van der Waals surface area contributed by atoms with E-state index in [4.69, 9.17) is 35.5 Å². The number of hydrogen-bond donors (Lipinski definition) is 1. The van der Waals surface area contributed by atoms with E-state index in [1.165, 1.54) is 29.8 Å². The van der Waals surface area contributed by atoms with E-state index >= 15 is 0 Å². The molecular formula is C48H44ClFN6O6S. The van der Waals surface area contributed by atoms with Crippen LogP contribution in [0, 0.1) is 12.7 Å². The maximum absolute atomic E-state index is 14.2.